The lowest BCUT2D eigenvalue weighted by atomic mass is 10.0. The molecule has 0 aliphatic carbocycles. The van der Waals surface area contributed by atoms with Crippen molar-refractivity contribution in [3.63, 3.8) is 0 Å². The van der Waals surface area contributed by atoms with Crippen LogP contribution in [0.2, 0.25) is 0 Å². The molecule has 3 unspecified atom stereocenters. The predicted octanol–water partition coefficient (Wildman–Crippen LogP) is 0.729. The summed E-state index contributed by atoms with van der Waals surface area (Å²) >= 11 is 0. The van der Waals surface area contributed by atoms with Crippen LogP contribution in [0.1, 0.15) is 26.7 Å². The molecule has 1 rings (SSSR count). The molecule has 1 heterocycles. The Balaban J connectivity index is 2.18. The van der Waals surface area contributed by atoms with E-state index in [9.17, 15) is 0 Å². The van der Waals surface area contributed by atoms with E-state index in [4.69, 9.17) is 9.84 Å². The third kappa shape index (κ3) is 2.73. The summed E-state index contributed by atoms with van der Waals surface area (Å²) in [4.78, 5) is 0. The normalized spacial score (nSPS) is 32.2. The zero-order valence-electron chi connectivity index (χ0n) is 7.92. The van der Waals surface area contributed by atoms with Crippen molar-refractivity contribution >= 4 is 0 Å². The van der Waals surface area contributed by atoms with Gasteiger partial charge in [-0.15, -0.1) is 0 Å². The molecule has 3 atom stereocenters. The summed E-state index contributed by atoms with van der Waals surface area (Å²) in [5.41, 5.74) is 0. The second-order valence-electron chi connectivity index (χ2n) is 3.59. The molecule has 12 heavy (non-hydrogen) atoms. The number of aliphatic hydroxyl groups excluding tert-OH is 1. The van der Waals surface area contributed by atoms with Crippen LogP contribution in [0.15, 0.2) is 0 Å². The van der Waals surface area contributed by atoms with Gasteiger partial charge >= 0.3 is 0 Å². The van der Waals surface area contributed by atoms with Crippen LogP contribution >= 0.6 is 0 Å². The van der Waals surface area contributed by atoms with Gasteiger partial charge in [0, 0.05) is 6.54 Å². The van der Waals surface area contributed by atoms with Crippen molar-refractivity contribution in [1.29, 1.82) is 0 Å². The molecular formula is C9H19NO2. The van der Waals surface area contributed by atoms with Gasteiger partial charge < -0.3 is 9.84 Å². The second-order valence-corrected chi connectivity index (χ2v) is 3.59. The van der Waals surface area contributed by atoms with Gasteiger partial charge in [-0.2, -0.15) is 0 Å². The Bertz CT molecular complexity index is 130. The van der Waals surface area contributed by atoms with Crippen LogP contribution in [0.4, 0.5) is 0 Å². The van der Waals surface area contributed by atoms with Crippen LogP contribution in [-0.4, -0.2) is 30.6 Å². The highest BCUT2D eigenvalue weighted by atomic mass is 16.5. The Hall–Kier alpha value is -0.120. The van der Waals surface area contributed by atoms with Gasteiger partial charge in [-0.1, -0.05) is 20.3 Å². The number of nitrogens with one attached hydrogen (secondary N) is 1. The molecule has 2 N–H and O–H groups in total. The van der Waals surface area contributed by atoms with Crippen LogP contribution < -0.4 is 5.32 Å². The highest BCUT2D eigenvalue weighted by Crippen LogP contribution is 2.15. The number of hydrogen-bond donors (Lipinski definition) is 2. The summed E-state index contributed by atoms with van der Waals surface area (Å²) in [7, 11) is 0. The minimum atomic E-state index is 0.0130. The summed E-state index contributed by atoms with van der Waals surface area (Å²) in [5, 5.41) is 12.1. The molecule has 1 fully saturated rings. The van der Waals surface area contributed by atoms with E-state index < -0.39 is 0 Å². The molecule has 0 aromatic heterocycles. The van der Waals surface area contributed by atoms with Crippen LogP contribution in [0, 0.1) is 5.92 Å². The molecule has 1 aliphatic heterocycles. The monoisotopic (exact) mass is 173 g/mol. The average molecular weight is 173 g/mol. The molecule has 3 nitrogen and oxygen atoms in total. The van der Waals surface area contributed by atoms with Crippen molar-refractivity contribution in [2.75, 3.05) is 13.2 Å². The minimum Gasteiger partial charge on any atom is -0.394 e. The minimum absolute atomic E-state index is 0.0130. The van der Waals surface area contributed by atoms with Gasteiger partial charge in [-0.3, -0.25) is 5.32 Å². The lowest BCUT2D eigenvalue weighted by Gasteiger charge is -2.15. The average Bonchev–Trinajstić information content (AvgIpc) is 2.52. The number of ether oxygens (including phenoxy) is 1. The third-order valence-electron chi connectivity index (χ3n) is 2.45. The van der Waals surface area contributed by atoms with Crippen molar-refractivity contribution in [1.82, 2.24) is 5.32 Å². The number of hydrogen-bond acceptors (Lipinski definition) is 3. The van der Waals surface area contributed by atoms with E-state index in [0.717, 1.165) is 13.0 Å². The zero-order chi connectivity index (χ0) is 8.97. The maximum atomic E-state index is 8.81. The van der Waals surface area contributed by atoms with E-state index in [-0.39, 0.29) is 18.9 Å². The molecule has 72 valence electrons. The number of rotatable bonds is 4. The molecule has 0 radical (unpaired) electrons. The summed E-state index contributed by atoms with van der Waals surface area (Å²) < 4.78 is 5.52. The molecule has 1 saturated heterocycles. The van der Waals surface area contributed by atoms with E-state index in [0.29, 0.717) is 5.92 Å². The molecule has 1 aliphatic rings. The molecule has 0 amide bonds. The molecule has 3 heteroatoms. The molecule has 0 saturated carbocycles. The Labute approximate surface area is 74.1 Å². The van der Waals surface area contributed by atoms with E-state index in [1.54, 1.807) is 0 Å². The lowest BCUT2D eigenvalue weighted by molar-refractivity contribution is 0.000971. The van der Waals surface area contributed by atoms with Crippen molar-refractivity contribution in [3.05, 3.63) is 0 Å². The van der Waals surface area contributed by atoms with E-state index in [1.807, 2.05) is 0 Å². The first kappa shape index (κ1) is 9.96. The first-order chi connectivity index (χ1) is 5.76. The fourth-order valence-corrected chi connectivity index (χ4v) is 1.37. The van der Waals surface area contributed by atoms with Gasteiger partial charge in [0.25, 0.3) is 0 Å². The van der Waals surface area contributed by atoms with Crippen molar-refractivity contribution < 1.29 is 9.84 Å². The predicted molar refractivity (Wildman–Crippen MR) is 47.8 cm³/mol. The Kier molecular flexibility index (Phi) is 3.98. The van der Waals surface area contributed by atoms with Gasteiger partial charge in [0.1, 0.15) is 6.23 Å². The lowest BCUT2D eigenvalue weighted by Crippen LogP contribution is -2.24. The van der Waals surface area contributed by atoms with Gasteiger partial charge in [-0.25, -0.2) is 0 Å². The van der Waals surface area contributed by atoms with E-state index in [2.05, 4.69) is 19.2 Å². The molecular weight excluding hydrogens is 154 g/mol. The SMILES string of the molecule is CCC(C)CC1NCC(CO)O1. The Morgan fingerprint density at radius 2 is 2.42 bits per heavy atom. The first-order valence-corrected chi connectivity index (χ1v) is 4.76. The van der Waals surface area contributed by atoms with Gasteiger partial charge in [0.2, 0.25) is 0 Å². The maximum Gasteiger partial charge on any atom is 0.109 e. The topological polar surface area (TPSA) is 41.5 Å². The zero-order valence-corrected chi connectivity index (χ0v) is 7.92. The third-order valence-corrected chi connectivity index (χ3v) is 2.45. The standard InChI is InChI=1S/C9H19NO2/c1-3-7(2)4-9-10-5-8(6-11)12-9/h7-11H,3-6H2,1-2H3. The van der Waals surface area contributed by atoms with Gasteiger partial charge in [0.05, 0.1) is 12.7 Å². The Morgan fingerprint density at radius 1 is 1.67 bits per heavy atom. The largest absolute Gasteiger partial charge is 0.394 e. The molecule has 0 spiro atoms. The maximum absolute atomic E-state index is 8.81. The van der Waals surface area contributed by atoms with Crippen molar-refractivity contribution in [2.45, 2.75) is 39.0 Å². The fourth-order valence-electron chi connectivity index (χ4n) is 1.37. The fraction of sp³-hybridized carbons (Fsp3) is 1.00. The van der Waals surface area contributed by atoms with E-state index in [1.165, 1.54) is 6.42 Å². The highest BCUT2D eigenvalue weighted by Gasteiger charge is 2.24. The molecule has 0 aromatic carbocycles. The van der Waals surface area contributed by atoms with Gasteiger partial charge in [-0.05, 0) is 12.3 Å². The van der Waals surface area contributed by atoms with Crippen molar-refractivity contribution in [3.8, 4) is 0 Å². The summed E-state index contributed by atoms with van der Waals surface area (Å²) in [5.74, 6) is 0.694. The summed E-state index contributed by atoms with van der Waals surface area (Å²) in [6.07, 6.45) is 2.41. The Morgan fingerprint density at radius 3 is 2.92 bits per heavy atom. The van der Waals surface area contributed by atoms with Crippen LogP contribution in [0.5, 0.6) is 0 Å². The van der Waals surface area contributed by atoms with Crippen molar-refractivity contribution in [2.24, 2.45) is 5.92 Å². The highest BCUT2D eigenvalue weighted by molar-refractivity contribution is 4.73. The number of aliphatic hydroxyl groups is 1. The van der Waals surface area contributed by atoms with Gasteiger partial charge in [0.15, 0.2) is 0 Å². The first-order valence-electron chi connectivity index (χ1n) is 4.76. The summed E-state index contributed by atoms with van der Waals surface area (Å²) in [6, 6.07) is 0. The molecule has 0 aromatic rings. The van der Waals surface area contributed by atoms with E-state index >= 15 is 0 Å². The van der Waals surface area contributed by atoms with Crippen LogP contribution in [0.25, 0.3) is 0 Å². The van der Waals surface area contributed by atoms with Crippen LogP contribution in [-0.2, 0) is 4.74 Å². The second kappa shape index (κ2) is 4.80. The van der Waals surface area contributed by atoms with Crippen LogP contribution in [0.3, 0.4) is 0 Å². The smallest absolute Gasteiger partial charge is 0.109 e. The summed E-state index contributed by atoms with van der Waals surface area (Å²) in [6.45, 7) is 5.32. The molecule has 0 bridgehead atoms. The quantitative estimate of drug-likeness (QED) is 0.658.